The third-order valence-electron chi connectivity index (χ3n) is 2.26. The fourth-order valence-electron chi connectivity index (χ4n) is 1.42. The van der Waals surface area contributed by atoms with Crippen LogP contribution in [0.5, 0.6) is 0 Å². The standard InChI is InChI=1S/C10H20Cl2O2Si/c1-15(11,12)9-7-5-3-2-4-6-8-10(13)14/h2-9H2,1H3,(H,13,14). The SMILES string of the molecule is C[Si](Cl)(Cl)CCCCCCCCC(=O)O. The van der Waals surface area contributed by atoms with Gasteiger partial charge >= 0.3 is 5.97 Å². The molecular formula is C10H20Cl2O2Si. The molecule has 0 aliphatic heterocycles. The van der Waals surface area contributed by atoms with Gasteiger partial charge in [0.25, 0.3) is 0 Å². The lowest BCUT2D eigenvalue weighted by atomic mass is 10.1. The first-order valence-electron chi connectivity index (χ1n) is 5.51. The van der Waals surface area contributed by atoms with E-state index >= 15 is 0 Å². The van der Waals surface area contributed by atoms with Crippen molar-refractivity contribution in [2.24, 2.45) is 0 Å². The van der Waals surface area contributed by atoms with Gasteiger partial charge in [0.1, 0.15) is 0 Å². The summed E-state index contributed by atoms with van der Waals surface area (Å²) in [6.07, 6.45) is 6.67. The Hall–Kier alpha value is 0.267. The van der Waals surface area contributed by atoms with E-state index in [1.54, 1.807) is 0 Å². The lowest BCUT2D eigenvalue weighted by Crippen LogP contribution is -2.11. The van der Waals surface area contributed by atoms with Gasteiger partial charge in [-0.3, -0.25) is 4.79 Å². The average Bonchev–Trinajstić information content (AvgIpc) is 2.07. The molecule has 0 aliphatic carbocycles. The molecule has 2 nitrogen and oxygen atoms in total. The van der Waals surface area contributed by atoms with Crippen molar-refractivity contribution in [3.8, 4) is 0 Å². The Balaban J connectivity index is 3.09. The molecule has 0 heterocycles. The molecule has 0 radical (unpaired) electrons. The number of halogens is 2. The smallest absolute Gasteiger partial charge is 0.303 e. The van der Waals surface area contributed by atoms with Gasteiger partial charge in [0, 0.05) is 6.42 Å². The van der Waals surface area contributed by atoms with Crippen molar-refractivity contribution in [1.29, 1.82) is 0 Å². The maximum absolute atomic E-state index is 10.2. The van der Waals surface area contributed by atoms with Crippen LogP contribution in [-0.4, -0.2) is 17.8 Å². The summed E-state index contributed by atoms with van der Waals surface area (Å²) in [5.41, 5.74) is 0. The third kappa shape index (κ3) is 14.3. The fourth-order valence-corrected chi connectivity index (χ4v) is 3.09. The highest BCUT2D eigenvalue weighted by Gasteiger charge is 2.19. The zero-order valence-corrected chi connectivity index (χ0v) is 11.8. The van der Waals surface area contributed by atoms with Gasteiger partial charge in [-0.25, -0.2) is 0 Å². The summed E-state index contributed by atoms with van der Waals surface area (Å²) >= 11 is 11.9. The molecule has 0 atom stereocenters. The van der Waals surface area contributed by atoms with Gasteiger partial charge in [-0.15, -0.1) is 22.2 Å². The van der Waals surface area contributed by atoms with Gasteiger partial charge in [-0.2, -0.15) is 0 Å². The molecule has 0 aromatic heterocycles. The molecule has 15 heavy (non-hydrogen) atoms. The summed E-state index contributed by atoms with van der Waals surface area (Å²) in [4.78, 5) is 10.2. The number of rotatable bonds is 9. The predicted molar refractivity (Wildman–Crippen MR) is 68.1 cm³/mol. The summed E-state index contributed by atoms with van der Waals surface area (Å²) in [5.74, 6) is -0.693. The Kier molecular flexibility index (Phi) is 8.57. The van der Waals surface area contributed by atoms with Crippen molar-refractivity contribution >= 4 is 34.8 Å². The van der Waals surface area contributed by atoms with Gasteiger partial charge in [0.05, 0.1) is 0 Å². The number of unbranched alkanes of at least 4 members (excludes halogenated alkanes) is 5. The third-order valence-corrected chi connectivity index (χ3v) is 4.62. The molecule has 0 rings (SSSR count). The highest BCUT2D eigenvalue weighted by molar-refractivity contribution is 7.44. The van der Waals surface area contributed by atoms with E-state index in [2.05, 4.69) is 0 Å². The van der Waals surface area contributed by atoms with E-state index in [1.807, 2.05) is 6.55 Å². The van der Waals surface area contributed by atoms with E-state index in [-0.39, 0.29) is 0 Å². The van der Waals surface area contributed by atoms with Crippen LogP contribution in [0.4, 0.5) is 0 Å². The maximum atomic E-state index is 10.2. The van der Waals surface area contributed by atoms with E-state index in [0.717, 1.165) is 44.6 Å². The molecule has 0 fully saturated rings. The minimum absolute atomic E-state index is 0.300. The Morgan fingerprint density at radius 1 is 1.07 bits per heavy atom. The molecule has 90 valence electrons. The molecule has 0 bridgehead atoms. The van der Waals surface area contributed by atoms with Crippen LogP contribution in [0.15, 0.2) is 0 Å². The van der Waals surface area contributed by atoms with Crippen LogP contribution in [0, 0.1) is 0 Å². The quantitative estimate of drug-likeness (QED) is 0.384. The molecule has 0 aromatic carbocycles. The van der Waals surface area contributed by atoms with Crippen molar-refractivity contribution in [3.05, 3.63) is 0 Å². The highest BCUT2D eigenvalue weighted by Crippen LogP contribution is 2.23. The van der Waals surface area contributed by atoms with Gasteiger partial charge < -0.3 is 5.11 Å². The zero-order valence-electron chi connectivity index (χ0n) is 9.27. The van der Waals surface area contributed by atoms with Gasteiger partial charge in [0.2, 0.25) is 6.69 Å². The summed E-state index contributed by atoms with van der Waals surface area (Å²) in [7, 11) is 0. The van der Waals surface area contributed by atoms with E-state index in [4.69, 9.17) is 27.3 Å². The molecule has 0 aliphatic rings. The number of hydrogen-bond donors (Lipinski definition) is 1. The molecule has 5 heteroatoms. The highest BCUT2D eigenvalue weighted by atomic mass is 35.7. The van der Waals surface area contributed by atoms with Crippen LogP contribution in [0.25, 0.3) is 0 Å². The van der Waals surface area contributed by atoms with Crippen molar-refractivity contribution in [2.75, 3.05) is 0 Å². The first kappa shape index (κ1) is 15.3. The Labute approximate surface area is 102 Å². The Bertz CT molecular complexity index is 181. The van der Waals surface area contributed by atoms with Crippen LogP contribution < -0.4 is 0 Å². The van der Waals surface area contributed by atoms with Crippen LogP contribution in [-0.2, 0) is 4.79 Å². The number of carboxylic acids is 1. The molecular weight excluding hydrogens is 251 g/mol. The summed E-state index contributed by atoms with van der Waals surface area (Å²) in [6.45, 7) is 0.0666. The predicted octanol–water partition coefficient (Wildman–Crippen LogP) is 4.35. The number of aliphatic carboxylic acids is 1. The van der Waals surface area contributed by atoms with Gasteiger partial charge in [-0.1, -0.05) is 32.1 Å². The van der Waals surface area contributed by atoms with Crippen molar-refractivity contribution in [1.82, 2.24) is 0 Å². The van der Waals surface area contributed by atoms with E-state index in [9.17, 15) is 4.79 Å². The fraction of sp³-hybridized carbons (Fsp3) is 0.900. The molecule has 0 saturated heterocycles. The topological polar surface area (TPSA) is 37.3 Å². The molecule has 1 N–H and O–H groups in total. The number of carboxylic acid groups (broad SMARTS) is 1. The van der Waals surface area contributed by atoms with Crippen molar-refractivity contribution in [2.45, 2.75) is 57.5 Å². The number of carbonyl (C=O) groups is 1. The van der Waals surface area contributed by atoms with Crippen LogP contribution in [0.3, 0.4) is 0 Å². The van der Waals surface area contributed by atoms with Crippen LogP contribution in [0.1, 0.15) is 44.9 Å². The second kappa shape index (κ2) is 8.42. The molecule has 0 spiro atoms. The molecule has 0 amide bonds. The van der Waals surface area contributed by atoms with Crippen molar-refractivity contribution < 1.29 is 9.90 Å². The zero-order chi connectivity index (χ0) is 11.7. The monoisotopic (exact) mass is 270 g/mol. The minimum atomic E-state index is -1.88. The van der Waals surface area contributed by atoms with E-state index in [0.29, 0.717) is 6.42 Å². The van der Waals surface area contributed by atoms with Gasteiger partial charge in [0.15, 0.2) is 0 Å². The lowest BCUT2D eigenvalue weighted by molar-refractivity contribution is -0.137. The summed E-state index contributed by atoms with van der Waals surface area (Å²) < 4.78 is 0. The van der Waals surface area contributed by atoms with Gasteiger partial charge in [-0.05, 0) is 19.0 Å². The normalized spacial score (nSPS) is 11.7. The van der Waals surface area contributed by atoms with Crippen LogP contribution in [0.2, 0.25) is 12.6 Å². The second-order valence-corrected chi connectivity index (χ2v) is 12.3. The summed E-state index contributed by atoms with van der Waals surface area (Å²) in [5, 5.41) is 8.42. The second-order valence-electron chi connectivity index (χ2n) is 4.09. The molecule has 0 unspecified atom stereocenters. The molecule has 0 saturated carbocycles. The number of hydrogen-bond acceptors (Lipinski definition) is 1. The Morgan fingerprint density at radius 3 is 2.00 bits per heavy atom. The Morgan fingerprint density at radius 2 is 1.53 bits per heavy atom. The molecule has 0 aromatic rings. The van der Waals surface area contributed by atoms with Crippen LogP contribution >= 0.6 is 22.2 Å². The average molecular weight is 271 g/mol. The van der Waals surface area contributed by atoms with E-state index in [1.165, 1.54) is 0 Å². The first-order chi connectivity index (χ1) is 6.92. The largest absolute Gasteiger partial charge is 0.481 e. The van der Waals surface area contributed by atoms with Crippen molar-refractivity contribution in [3.63, 3.8) is 0 Å². The minimum Gasteiger partial charge on any atom is -0.481 e. The summed E-state index contributed by atoms with van der Waals surface area (Å²) in [6, 6.07) is 0.964. The maximum Gasteiger partial charge on any atom is 0.303 e. The van der Waals surface area contributed by atoms with E-state index < -0.39 is 12.7 Å². The lowest BCUT2D eigenvalue weighted by Gasteiger charge is -2.08. The first-order valence-corrected chi connectivity index (χ1v) is 10.2.